The fourth-order valence-electron chi connectivity index (χ4n) is 3.42. The third kappa shape index (κ3) is 4.80. The summed E-state index contributed by atoms with van der Waals surface area (Å²) in [7, 11) is 1.57. The van der Waals surface area contributed by atoms with Crippen LogP contribution in [0.5, 0.6) is 5.75 Å². The van der Waals surface area contributed by atoms with E-state index in [2.05, 4.69) is 11.4 Å². The number of rotatable bonds is 6. The number of methoxy groups -OCH3 is 1. The minimum absolute atomic E-state index is 0.0391. The molecule has 0 fully saturated rings. The number of nitrogens with one attached hydrogen (secondary N) is 1. The molecule has 1 aliphatic carbocycles. The summed E-state index contributed by atoms with van der Waals surface area (Å²) >= 11 is 0. The van der Waals surface area contributed by atoms with Crippen molar-refractivity contribution in [2.75, 3.05) is 7.11 Å². The fraction of sp³-hybridized carbons (Fsp3) is 0.304. The van der Waals surface area contributed by atoms with Crippen LogP contribution in [0.15, 0.2) is 54.6 Å². The second-order valence-corrected chi connectivity index (χ2v) is 6.81. The molecule has 2 aromatic carbocycles. The van der Waals surface area contributed by atoms with Gasteiger partial charge >= 0.3 is 5.97 Å². The first kappa shape index (κ1) is 19.7. The standard InChI is InChI=1S/C23H25NO4/c1-16(28-22(25)15-14-18-9-4-6-13-21(18)27-2)23(26)24-20-12-7-10-17-8-3-5-11-19(17)20/h3-6,8-9,11,13-16,20H,7,10,12H2,1-2H3,(H,24,26)/b15-14+/t16-,20+/m1/s1. The zero-order valence-electron chi connectivity index (χ0n) is 16.2. The van der Waals surface area contributed by atoms with Crippen LogP contribution in [0.3, 0.4) is 0 Å². The number of fused-ring (bicyclic) bond motifs is 1. The molecular weight excluding hydrogens is 354 g/mol. The van der Waals surface area contributed by atoms with Crippen molar-refractivity contribution in [3.05, 3.63) is 71.3 Å². The molecule has 5 nitrogen and oxygen atoms in total. The summed E-state index contributed by atoms with van der Waals surface area (Å²) in [5.74, 6) is -0.202. The zero-order valence-corrected chi connectivity index (χ0v) is 16.2. The number of ether oxygens (including phenoxy) is 2. The van der Waals surface area contributed by atoms with Gasteiger partial charge < -0.3 is 14.8 Å². The van der Waals surface area contributed by atoms with Crippen molar-refractivity contribution in [1.82, 2.24) is 5.32 Å². The van der Waals surface area contributed by atoms with Gasteiger partial charge in [0, 0.05) is 11.6 Å². The lowest BCUT2D eigenvalue weighted by Crippen LogP contribution is -2.39. The average molecular weight is 379 g/mol. The first-order valence-corrected chi connectivity index (χ1v) is 9.48. The molecule has 1 amide bonds. The molecule has 0 saturated heterocycles. The SMILES string of the molecule is COc1ccccc1/C=C/C(=O)O[C@H](C)C(=O)N[C@H]1CCCc2ccccc21. The minimum atomic E-state index is -0.871. The number of esters is 1. The number of hydrogen-bond acceptors (Lipinski definition) is 4. The number of aryl methyl sites for hydroxylation is 1. The molecule has 2 atom stereocenters. The van der Waals surface area contributed by atoms with Crippen LogP contribution in [0.4, 0.5) is 0 Å². The number of benzene rings is 2. The molecule has 0 saturated carbocycles. The molecule has 0 aliphatic heterocycles. The Kier molecular flexibility index (Phi) is 6.48. The predicted octanol–water partition coefficient (Wildman–Crippen LogP) is 3.83. The van der Waals surface area contributed by atoms with E-state index in [0.29, 0.717) is 5.75 Å². The Hall–Kier alpha value is -3.08. The van der Waals surface area contributed by atoms with Crippen molar-refractivity contribution < 1.29 is 19.1 Å². The Balaban J connectivity index is 1.57. The summed E-state index contributed by atoms with van der Waals surface area (Å²) in [6, 6.07) is 15.4. The highest BCUT2D eigenvalue weighted by atomic mass is 16.5. The molecule has 0 spiro atoms. The summed E-state index contributed by atoms with van der Waals surface area (Å²) in [6.45, 7) is 1.58. The van der Waals surface area contributed by atoms with E-state index in [1.54, 1.807) is 20.1 Å². The van der Waals surface area contributed by atoms with Crippen LogP contribution in [-0.2, 0) is 20.7 Å². The first-order chi connectivity index (χ1) is 13.6. The molecule has 0 bridgehead atoms. The van der Waals surface area contributed by atoms with Gasteiger partial charge in [0.2, 0.25) is 0 Å². The highest BCUT2D eigenvalue weighted by Crippen LogP contribution is 2.29. The lowest BCUT2D eigenvalue weighted by molar-refractivity contribution is -0.150. The number of para-hydroxylation sites is 1. The minimum Gasteiger partial charge on any atom is -0.496 e. The van der Waals surface area contributed by atoms with Gasteiger partial charge in [-0.15, -0.1) is 0 Å². The predicted molar refractivity (Wildman–Crippen MR) is 108 cm³/mol. The van der Waals surface area contributed by atoms with Gasteiger partial charge in [0.05, 0.1) is 13.2 Å². The van der Waals surface area contributed by atoms with Crippen LogP contribution in [0, 0.1) is 0 Å². The molecule has 1 N–H and O–H groups in total. The molecule has 5 heteroatoms. The normalized spacial score (nSPS) is 16.9. The third-order valence-electron chi connectivity index (χ3n) is 4.89. The van der Waals surface area contributed by atoms with Crippen LogP contribution in [-0.4, -0.2) is 25.1 Å². The quantitative estimate of drug-likeness (QED) is 0.612. The van der Waals surface area contributed by atoms with Gasteiger partial charge in [0.1, 0.15) is 5.75 Å². The van der Waals surface area contributed by atoms with Crippen LogP contribution in [0.25, 0.3) is 6.08 Å². The molecule has 0 heterocycles. The topological polar surface area (TPSA) is 64.6 Å². The number of hydrogen-bond donors (Lipinski definition) is 1. The van der Waals surface area contributed by atoms with Gasteiger partial charge in [-0.25, -0.2) is 4.79 Å². The van der Waals surface area contributed by atoms with E-state index in [-0.39, 0.29) is 11.9 Å². The van der Waals surface area contributed by atoms with Crippen LogP contribution in [0.1, 0.15) is 42.5 Å². The van der Waals surface area contributed by atoms with E-state index in [0.717, 1.165) is 30.4 Å². The highest BCUT2D eigenvalue weighted by Gasteiger charge is 2.24. The lowest BCUT2D eigenvalue weighted by atomic mass is 9.87. The van der Waals surface area contributed by atoms with Gasteiger partial charge in [-0.3, -0.25) is 4.79 Å². The van der Waals surface area contributed by atoms with Crippen LogP contribution >= 0.6 is 0 Å². The largest absolute Gasteiger partial charge is 0.496 e. The maximum absolute atomic E-state index is 12.5. The summed E-state index contributed by atoms with van der Waals surface area (Å²) in [6.07, 6.45) is 4.99. The summed E-state index contributed by atoms with van der Waals surface area (Å²) < 4.78 is 10.5. The van der Waals surface area contributed by atoms with Crippen molar-refractivity contribution in [2.24, 2.45) is 0 Å². The maximum Gasteiger partial charge on any atom is 0.331 e. The highest BCUT2D eigenvalue weighted by molar-refractivity contribution is 5.90. The molecule has 0 radical (unpaired) electrons. The van der Waals surface area contributed by atoms with Gasteiger partial charge in [-0.2, -0.15) is 0 Å². The van der Waals surface area contributed by atoms with Crippen molar-refractivity contribution in [2.45, 2.75) is 38.3 Å². The maximum atomic E-state index is 12.5. The van der Waals surface area contributed by atoms with E-state index in [9.17, 15) is 9.59 Å². The van der Waals surface area contributed by atoms with Crippen LogP contribution < -0.4 is 10.1 Å². The van der Waals surface area contributed by atoms with E-state index in [1.807, 2.05) is 42.5 Å². The monoisotopic (exact) mass is 379 g/mol. The van der Waals surface area contributed by atoms with Crippen molar-refractivity contribution in [3.8, 4) is 5.75 Å². The second kappa shape index (κ2) is 9.22. The molecule has 2 aromatic rings. The summed E-state index contributed by atoms with van der Waals surface area (Å²) in [5, 5.41) is 3.01. The molecule has 1 aliphatic rings. The first-order valence-electron chi connectivity index (χ1n) is 9.48. The molecule has 146 valence electrons. The van der Waals surface area contributed by atoms with Gasteiger partial charge in [-0.1, -0.05) is 42.5 Å². The third-order valence-corrected chi connectivity index (χ3v) is 4.89. The Labute approximate surface area is 165 Å². The lowest BCUT2D eigenvalue weighted by Gasteiger charge is -2.27. The molecule has 3 rings (SSSR count). The van der Waals surface area contributed by atoms with Crippen molar-refractivity contribution in [3.63, 3.8) is 0 Å². The number of carbonyl (C=O) groups excluding carboxylic acids is 2. The van der Waals surface area contributed by atoms with E-state index < -0.39 is 12.1 Å². The molecular formula is C23H25NO4. The van der Waals surface area contributed by atoms with E-state index in [1.165, 1.54) is 11.6 Å². The fourth-order valence-corrected chi connectivity index (χ4v) is 3.42. The Morgan fingerprint density at radius 1 is 1.14 bits per heavy atom. The Morgan fingerprint density at radius 2 is 1.89 bits per heavy atom. The molecule has 0 unspecified atom stereocenters. The summed E-state index contributed by atoms with van der Waals surface area (Å²) in [5.41, 5.74) is 3.18. The average Bonchev–Trinajstić information content (AvgIpc) is 2.72. The van der Waals surface area contributed by atoms with Crippen LogP contribution in [0.2, 0.25) is 0 Å². The van der Waals surface area contributed by atoms with Gasteiger partial charge in [0.25, 0.3) is 5.91 Å². The number of carbonyl (C=O) groups is 2. The van der Waals surface area contributed by atoms with E-state index >= 15 is 0 Å². The molecule has 28 heavy (non-hydrogen) atoms. The van der Waals surface area contributed by atoms with Crippen molar-refractivity contribution >= 4 is 18.0 Å². The second-order valence-electron chi connectivity index (χ2n) is 6.81. The summed E-state index contributed by atoms with van der Waals surface area (Å²) in [4.78, 5) is 24.6. The van der Waals surface area contributed by atoms with E-state index in [4.69, 9.17) is 9.47 Å². The molecule has 0 aromatic heterocycles. The Bertz CT molecular complexity index is 874. The number of amides is 1. The van der Waals surface area contributed by atoms with Crippen molar-refractivity contribution in [1.29, 1.82) is 0 Å². The van der Waals surface area contributed by atoms with Gasteiger partial charge in [-0.05, 0) is 49.5 Å². The van der Waals surface area contributed by atoms with Gasteiger partial charge in [0.15, 0.2) is 6.10 Å². The zero-order chi connectivity index (χ0) is 19.9. The smallest absolute Gasteiger partial charge is 0.331 e. The Morgan fingerprint density at radius 3 is 2.71 bits per heavy atom.